The number of carbonyl (C=O) groups excluding carboxylic acids is 1. The first-order chi connectivity index (χ1) is 12.9. The Hall–Kier alpha value is -1.66. The summed E-state index contributed by atoms with van der Waals surface area (Å²) in [6.07, 6.45) is 8.02. The van der Waals surface area contributed by atoms with Gasteiger partial charge in [-0.1, -0.05) is 49.1 Å². The lowest BCUT2D eigenvalue weighted by Gasteiger charge is -2.41. The maximum absolute atomic E-state index is 12.4. The van der Waals surface area contributed by atoms with Crippen LogP contribution in [0.15, 0.2) is 29.7 Å². The van der Waals surface area contributed by atoms with Crippen LogP contribution in [-0.2, 0) is 14.8 Å². The molecule has 3 rings (SSSR count). The average Bonchev–Trinajstić information content (AvgIpc) is 2.67. The molecule has 1 heterocycles. The number of fused-ring (bicyclic) bond motifs is 1. The Labute approximate surface area is 162 Å². The Morgan fingerprint density at radius 2 is 1.85 bits per heavy atom. The van der Waals surface area contributed by atoms with E-state index in [1.165, 1.54) is 25.7 Å². The highest BCUT2D eigenvalue weighted by molar-refractivity contribution is 7.92. The van der Waals surface area contributed by atoms with Gasteiger partial charge in [0, 0.05) is 31.5 Å². The largest absolute Gasteiger partial charge is 0.342 e. The molecule has 2 fully saturated rings. The number of piperidine rings is 1. The van der Waals surface area contributed by atoms with Gasteiger partial charge in [-0.3, -0.25) is 4.79 Å². The zero-order valence-corrected chi connectivity index (χ0v) is 16.9. The number of amides is 1. The van der Waals surface area contributed by atoms with Gasteiger partial charge in [0.05, 0.1) is 0 Å². The van der Waals surface area contributed by atoms with E-state index in [0.717, 1.165) is 42.0 Å². The van der Waals surface area contributed by atoms with Crippen LogP contribution in [0.5, 0.6) is 0 Å². The first-order valence-corrected chi connectivity index (χ1v) is 11.5. The molecule has 1 saturated carbocycles. The summed E-state index contributed by atoms with van der Waals surface area (Å²) >= 11 is 0. The van der Waals surface area contributed by atoms with Gasteiger partial charge in [-0.2, -0.15) is 0 Å². The minimum Gasteiger partial charge on any atom is -0.342 e. The predicted octanol–water partition coefficient (Wildman–Crippen LogP) is 3.31. The Kier molecular flexibility index (Phi) is 6.71. The van der Waals surface area contributed by atoms with Crippen LogP contribution in [0.3, 0.4) is 0 Å². The molecule has 1 aromatic carbocycles. The molecule has 1 N–H and O–H groups in total. The summed E-state index contributed by atoms with van der Waals surface area (Å²) in [7, 11) is -3.54. The van der Waals surface area contributed by atoms with Crippen LogP contribution in [-0.4, -0.2) is 38.9 Å². The van der Waals surface area contributed by atoms with E-state index in [1.807, 2.05) is 36.1 Å². The molecular weight excluding hydrogens is 360 g/mol. The lowest BCUT2D eigenvalue weighted by molar-refractivity contribution is -0.134. The number of hydrogen-bond donors (Lipinski definition) is 1. The van der Waals surface area contributed by atoms with Crippen LogP contribution in [0, 0.1) is 18.8 Å². The number of aryl methyl sites for hydroxylation is 1. The molecule has 1 aromatic rings. The third-order valence-electron chi connectivity index (χ3n) is 5.80. The predicted molar refractivity (Wildman–Crippen MR) is 108 cm³/mol. The van der Waals surface area contributed by atoms with Crippen molar-refractivity contribution in [2.24, 2.45) is 11.8 Å². The number of rotatable bonds is 6. The summed E-state index contributed by atoms with van der Waals surface area (Å²) in [5.41, 5.74) is 1.96. The Morgan fingerprint density at radius 3 is 2.59 bits per heavy atom. The van der Waals surface area contributed by atoms with Crippen molar-refractivity contribution in [3.63, 3.8) is 0 Å². The van der Waals surface area contributed by atoms with E-state index in [1.54, 1.807) is 6.08 Å². The van der Waals surface area contributed by atoms with Crippen LogP contribution < -0.4 is 4.72 Å². The standard InChI is InChI=1S/C21H30N2O3S/c1-17-6-8-18(9-7-17)12-15-27(25,26)22-13-10-21(24)23-14-11-19-4-2-3-5-20(19)16-23/h6-9,12,15,19-20,22H,2-5,10-11,13-14,16H2,1H3/b15-12+/t19-,20-/m1/s1. The van der Waals surface area contributed by atoms with Gasteiger partial charge in [-0.25, -0.2) is 13.1 Å². The van der Waals surface area contributed by atoms with Gasteiger partial charge in [0.2, 0.25) is 15.9 Å². The van der Waals surface area contributed by atoms with Crippen molar-refractivity contribution >= 4 is 22.0 Å². The fourth-order valence-electron chi connectivity index (χ4n) is 4.18. The fourth-order valence-corrected chi connectivity index (χ4v) is 5.00. The highest BCUT2D eigenvalue weighted by Gasteiger charge is 2.32. The summed E-state index contributed by atoms with van der Waals surface area (Å²) in [6.45, 7) is 3.80. The van der Waals surface area contributed by atoms with Crippen LogP contribution in [0.1, 0.15) is 49.7 Å². The molecule has 148 valence electrons. The van der Waals surface area contributed by atoms with Crippen molar-refractivity contribution in [3.05, 3.63) is 40.8 Å². The smallest absolute Gasteiger partial charge is 0.233 e. The average molecular weight is 391 g/mol. The number of hydrogen-bond acceptors (Lipinski definition) is 3. The lowest BCUT2D eigenvalue weighted by Crippen LogP contribution is -2.45. The second-order valence-corrected chi connectivity index (χ2v) is 9.49. The van der Waals surface area contributed by atoms with Gasteiger partial charge in [0.25, 0.3) is 0 Å². The molecule has 6 heteroatoms. The molecule has 0 spiro atoms. The van der Waals surface area contributed by atoms with Gasteiger partial charge < -0.3 is 4.90 Å². The fraction of sp³-hybridized carbons (Fsp3) is 0.571. The third-order valence-corrected chi connectivity index (χ3v) is 6.90. The molecule has 0 bridgehead atoms. The zero-order chi connectivity index (χ0) is 19.3. The summed E-state index contributed by atoms with van der Waals surface area (Å²) in [6, 6.07) is 7.63. The number of benzene rings is 1. The number of sulfonamides is 1. The lowest BCUT2D eigenvalue weighted by atomic mass is 9.75. The summed E-state index contributed by atoms with van der Waals surface area (Å²) in [5.74, 6) is 1.49. The summed E-state index contributed by atoms with van der Waals surface area (Å²) in [4.78, 5) is 14.4. The van der Waals surface area contributed by atoms with Gasteiger partial charge in [0.15, 0.2) is 0 Å². The van der Waals surface area contributed by atoms with Crippen LogP contribution >= 0.6 is 0 Å². The first kappa shape index (κ1) is 20.1. The molecule has 5 nitrogen and oxygen atoms in total. The third kappa shape index (κ3) is 5.91. The molecule has 0 radical (unpaired) electrons. The first-order valence-electron chi connectivity index (χ1n) is 9.95. The van der Waals surface area contributed by atoms with Crippen molar-refractivity contribution in [1.29, 1.82) is 0 Å². The summed E-state index contributed by atoms with van der Waals surface area (Å²) in [5, 5.41) is 1.16. The van der Waals surface area contributed by atoms with Crippen molar-refractivity contribution in [3.8, 4) is 0 Å². The van der Waals surface area contributed by atoms with E-state index in [9.17, 15) is 13.2 Å². The van der Waals surface area contributed by atoms with Crippen molar-refractivity contribution in [2.75, 3.05) is 19.6 Å². The number of nitrogens with one attached hydrogen (secondary N) is 1. The van der Waals surface area contributed by atoms with Gasteiger partial charge >= 0.3 is 0 Å². The van der Waals surface area contributed by atoms with Gasteiger partial charge in [-0.15, -0.1) is 0 Å². The van der Waals surface area contributed by atoms with Crippen molar-refractivity contribution in [1.82, 2.24) is 9.62 Å². The number of nitrogens with zero attached hydrogens (tertiary/aromatic N) is 1. The summed E-state index contributed by atoms with van der Waals surface area (Å²) < 4.78 is 26.7. The van der Waals surface area contributed by atoms with Gasteiger partial charge in [-0.05, 0) is 43.2 Å². The Morgan fingerprint density at radius 1 is 1.15 bits per heavy atom. The minimum atomic E-state index is -3.54. The highest BCUT2D eigenvalue weighted by Crippen LogP contribution is 2.36. The maximum Gasteiger partial charge on any atom is 0.233 e. The normalized spacial score (nSPS) is 23.4. The quantitative estimate of drug-likeness (QED) is 0.810. The Balaban J connectivity index is 1.44. The number of likely N-dealkylation sites (tertiary alicyclic amines) is 1. The zero-order valence-electron chi connectivity index (χ0n) is 16.1. The molecule has 1 amide bonds. The van der Waals surface area contributed by atoms with Gasteiger partial charge in [0.1, 0.15) is 0 Å². The molecule has 0 aromatic heterocycles. The highest BCUT2D eigenvalue weighted by atomic mass is 32.2. The molecule has 1 aliphatic heterocycles. The second-order valence-electron chi connectivity index (χ2n) is 7.84. The van der Waals surface area contributed by atoms with Crippen molar-refractivity contribution in [2.45, 2.75) is 45.4 Å². The Bertz CT molecular complexity index is 771. The molecule has 1 aliphatic carbocycles. The van der Waals surface area contributed by atoms with Crippen molar-refractivity contribution < 1.29 is 13.2 Å². The number of carbonyl (C=O) groups is 1. The van der Waals surface area contributed by atoms with E-state index in [0.29, 0.717) is 5.92 Å². The SMILES string of the molecule is Cc1ccc(/C=C/S(=O)(=O)NCCC(=O)N2CC[C@H]3CCCC[C@@H]3C2)cc1. The second kappa shape index (κ2) is 9.02. The monoisotopic (exact) mass is 390 g/mol. The topological polar surface area (TPSA) is 66.5 Å². The van der Waals surface area contributed by atoms with E-state index < -0.39 is 10.0 Å². The van der Waals surface area contributed by atoms with E-state index >= 15 is 0 Å². The maximum atomic E-state index is 12.4. The van der Waals surface area contributed by atoms with Crippen LogP contribution in [0.4, 0.5) is 0 Å². The van der Waals surface area contributed by atoms with Crippen LogP contribution in [0.25, 0.3) is 6.08 Å². The molecule has 2 atom stereocenters. The molecule has 2 aliphatic rings. The van der Waals surface area contributed by atoms with E-state index in [-0.39, 0.29) is 18.9 Å². The molecule has 1 saturated heterocycles. The molecule has 0 unspecified atom stereocenters. The van der Waals surface area contributed by atoms with Crippen LogP contribution in [0.2, 0.25) is 0 Å². The van der Waals surface area contributed by atoms with E-state index in [4.69, 9.17) is 0 Å². The minimum absolute atomic E-state index is 0.0595. The molecular formula is C21H30N2O3S. The molecule has 27 heavy (non-hydrogen) atoms. The van der Waals surface area contributed by atoms with E-state index in [2.05, 4.69) is 4.72 Å².